The Morgan fingerprint density at radius 1 is 1.44 bits per heavy atom. The van der Waals surface area contributed by atoms with Crippen molar-refractivity contribution < 1.29 is 10.0 Å². The molecule has 1 N–H and O–H groups in total. The Kier molecular flexibility index (Phi) is 3.68. The van der Waals surface area contributed by atoms with Crippen molar-refractivity contribution in [2.24, 2.45) is 0 Å². The van der Waals surface area contributed by atoms with Gasteiger partial charge in [-0.1, -0.05) is 33.0 Å². The van der Waals surface area contributed by atoms with Crippen molar-refractivity contribution in [2.45, 2.75) is 12.6 Å². The Balaban J connectivity index is 2.08. The van der Waals surface area contributed by atoms with E-state index in [2.05, 4.69) is 26.0 Å². The molecule has 0 saturated carbocycles. The monoisotopic (exact) mass is 312 g/mol. The molecule has 1 atom stereocenters. The summed E-state index contributed by atoms with van der Waals surface area (Å²) in [6, 6.07) is 7.14. The zero-order chi connectivity index (χ0) is 13.1. The second-order valence-corrected chi connectivity index (χ2v) is 4.51. The third-order valence-electron chi connectivity index (χ3n) is 2.30. The number of hydrogen-bond acceptors (Lipinski definition) is 5. The normalized spacial score (nSPS) is 12.3. The van der Waals surface area contributed by atoms with Gasteiger partial charge in [0.15, 0.2) is 0 Å². The van der Waals surface area contributed by atoms with Gasteiger partial charge in [-0.15, -0.1) is 0 Å². The second-order valence-electron chi connectivity index (χ2n) is 3.59. The average Bonchev–Trinajstić information content (AvgIpc) is 2.78. The van der Waals surface area contributed by atoms with Crippen molar-refractivity contribution in [3.8, 4) is 0 Å². The predicted molar refractivity (Wildman–Crippen MR) is 65.8 cm³/mol. The SMILES string of the molecule is O=[N+]([O-])c1ncn(CC(O)c2ccc(Br)cc2)n1. The topological polar surface area (TPSA) is 94.1 Å². The summed E-state index contributed by atoms with van der Waals surface area (Å²) < 4.78 is 2.15. The Morgan fingerprint density at radius 2 is 2.11 bits per heavy atom. The molecular weight excluding hydrogens is 304 g/mol. The van der Waals surface area contributed by atoms with E-state index in [1.54, 1.807) is 12.1 Å². The van der Waals surface area contributed by atoms with Gasteiger partial charge in [0.05, 0.1) is 12.6 Å². The molecule has 0 radical (unpaired) electrons. The van der Waals surface area contributed by atoms with Crippen molar-refractivity contribution in [2.75, 3.05) is 0 Å². The molecule has 2 aromatic rings. The van der Waals surface area contributed by atoms with Crippen LogP contribution in [-0.4, -0.2) is 24.8 Å². The van der Waals surface area contributed by atoms with E-state index in [-0.39, 0.29) is 6.54 Å². The lowest BCUT2D eigenvalue weighted by Crippen LogP contribution is -2.09. The lowest BCUT2D eigenvalue weighted by atomic mass is 10.1. The minimum atomic E-state index is -0.792. The van der Waals surface area contributed by atoms with Crippen LogP contribution in [0.4, 0.5) is 5.95 Å². The van der Waals surface area contributed by atoms with Crippen LogP contribution in [0.1, 0.15) is 11.7 Å². The van der Waals surface area contributed by atoms with Gasteiger partial charge >= 0.3 is 5.95 Å². The third-order valence-corrected chi connectivity index (χ3v) is 2.83. The van der Waals surface area contributed by atoms with Crippen LogP contribution < -0.4 is 0 Å². The van der Waals surface area contributed by atoms with E-state index in [9.17, 15) is 15.2 Å². The molecule has 0 saturated heterocycles. The van der Waals surface area contributed by atoms with Gasteiger partial charge in [-0.25, -0.2) is 0 Å². The van der Waals surface area contributed by atoms with Crippen LogP contribution in [0.2, 0.25) is 0 Å². The highest BCUT2D eigenvalue weighted by Crippen LogP contribution is 2.18. The number of aliphatic hydroxyl groups excluding tert-OH is 1. The molecule has 0 fully saturated rings. The lowest BCUT2D eigenvalue weighted by Gasteiger charge is -2.08. The number of nitrogens with zero attached hydrogens (tertiary/aromatic N) is 4. The van der Waals surface area contributed by atoms with Gasteiger partial charge in [-0.05, 0) is 22.6 Å². The Hall–Kier alpha value is -1.80. The number of hydrogen-bond donors (Lipinski definition) is 1. The quantitative estimate of drug-likeness (QED) is 0.684. The van der Waals surface area contributed by atoms with E-state index in [1.165, 1.54) is 11.0 Å². The fraction of sp³-hybridized carbons (Fsp3) is 0.200. The summed E-state index contributed by atoms with van der Waals surface area (Å²) in [7, 11) is 0. The molecule has 0 aliphatic heterocycles. The van der Waals surface area contributed by atoms with Crippen LogP contribution in [0.5, 0.6) is 0 Å². The first-order chi connectivity index (χ1) is 8.56. The van der Waals surface area contributed by atoms with Gasteiger partial charge < -0.3 is 15.2 Å². The Morgan fingerprint density at radius 3 is 2.67 bits per heavy atom. The first-order valence-electron chi connectivity index (χ1n) is 5.03. The van der Waals surface area contributed by atoms with Gasteiger partial charge in [0.25, 0.3) is 0 Å². The van der Waals surface area contributed by atoms with E-state index < -0.39 is 17.0 Å². The maximum Gasteiger partial charge on any atom is 0.490 e. The van der Waals surface area contributed by atoms with E-state index in [1.807, 2.05) is 12.1 Å². The van der Waals surface area contributed by atoms with Crippen molar-refractivity contribution in [1.29, 1.82) is 0 Å². The summed E-state index contributed by atoms with van der Waals surface area (Å²) >= 11 is 3.30. The van der Waals surface area contributed by atoms with E-state index >= 15 is 0 Å². The minimum Gasteiger partial charge on any atom is -0.390 e. The number of benzene rings is 1. The standard InChI is InChI=1S/C10H9BrN4O3/c11-8-3-1-7(2-4-8)9(16)5-14-6-12-10(13-14)15(17)18/h1-4,6,9,16H,5H2. The van der Waals surface area contributed by atoms with Gasteiger partial charge in [0.1, 0.15) is 0 Å². The fourth-order valence-electron chi connectivity index (χ4n) is 1.42. The van der Waals surface area contributed by atoms with Crippen molar-refractivity contribution in [3.05, 3.63) is 50.7 Å². The average molecular weight is 313 g/mol. The summed E-state index contributed by atoms with van der Waals surface area (Å²) in [4.78, 5) is 13.2. The zero-order valence-corrected chi connectivity index (χ0v) is 10.7. The molecule has 0 aliphatic rings. The molecule has 94 valence electrons. The highest BCUT2D eigenvalue weighted by molar-refractivity contribution is 9.10. The molecule has 1 unspecified atom stereocenters. The summed E-state index contributed by atoms with van der Waals surface area (Å²) in [6.45, 7) is 0.114. The maximum absolute atomic E-state index is 10.4. The third kappa shape index (κ3) is 2.90. The molecular formula is C10H9BrN4O3. The molecule has 2 rings (SSSR count). The van der Waals surface area contributed by atoms with E-state index in [0.29, 0.717) is 5.56 Å². The molecule has 0 spiro atoms. The smallest absolute Gasteiger partial charge is 0.390 e. The molecule has 8 heteroatoms. The maximum atomic E-state index is 10.4. The van der Waals surface area contributed by atoms with Crippen LogP contribution >= 0.6 is 15.9 Å². The molecule has 1 heterocycles. The number of aromatic nitrogens is 3. The molecule has 18 heavy (non-hydrogen) atoms. The molecule has 1 aromatic carbocycles. The first kappa shape index (κ1) is 12.7. The lowest BCUT2D eigenvalue weighted by molar-refractivity contribution is -0.394. The Bertz CT molecular complexity index is 555. The van der Waals surface area contributed by atoms with Crippen molar-refractivity contribution in [3.63, 3.8) is 0 Å². The zero-order valence-electron chi connectivity index (χ0n) is 9.10. The van der Waals surface area contributed by atoms with Crippen LogP contribution in [-0.2, 0) is 6.54 Å². The molecule has 0 bridgehead atoms. The largest absolute Gasteiger partial charge is 0.490 e. The van der Waals surface area contributed by atoms with Gasteiger partial charge in [0, 0.05) is 9.57 Å². The highest BCUT2D eigenvalue weighted by Gasteiger charge is 2.16. The molecule has 7 nitrogen and oxygen atoms in total. The van der Waals surface area contributed by atoms with Crippen molar-refractivity contribution >= 4 is 21.9 Å². The number of aliphatic hydroxyl groups is 1. The van der Waals surface area contributed by atoms with E-state index in [0.717, 1.165) is 4.47 Å². The molecule has 1 aromatic heterocycles. The summed E-state index contributed by atoms with van der Waals surface area (Å²) in [5.74, 6) is -0.474. The number of rotatable bonds is 4. The van der Waals surface area contributed by atoms with Crippen LogP contribution in [0.15, 0.2) is 35.1 Å². The summed E-state index contributed by atoms with van der Waals surface area (Å²) in [5, 5.41) is 24.0. The van der Waals surface area contributed by atoms with Crippen LogP contribution in [0.25, 0.3) is 0 Å². The van der Waals surface area contributed by atoms with Crippen molar-refractivity contribution in [1.82, 2.24) is 14.8 Å². The second kappa shape index (κ2) is 5.23. The number of nitro groups is 1. The first-order valence-corrected chi connectivity index (χ1v) is 5.83. The van der Waals surface area contributed by atoms with Gasteiger partial charge in [0.2, 0.25) is 6.33 Å². The molecule has 0 aliphatic carbocycles. The summed E-state index contributed by atoms with van der Waals surface area (Å²) in [5.41, 5.74) is 0.705. The van der Waals surface area contributed by atoms with Crippen LogP contribution in [0, 0.1) is 10.1 Å². The highest BCUT2D eigenvalue weighted by atomic mass is 79.9. The van der Waals surface area contributed by atoms with Crippen LogP contribution in [0.3, 0.4) is 0 Å². The molecule has 0 amide bonds. The van der Waals surface area contributed by atoms with Gasteiger partial charge in [-0.2, -0.15) is 4.68 Å². The predicted octanol–water partition coefficient (Wildman–Crippen LogP) is 1.68. The van der Waals surface area contributed by atoms with Gasteiger partial charge in [-0.3, -0.25) is 0 Å². The summed E-state index contributed by atoms with van der Waals surface area (Å²) in [6.07, 6.45) is 0.430. The van der Waals surface area contributed by atoms with E-state index in [4.69, 9.17) is 0 Å². The Labute approximate surface area is 110 Å². The minimum absolute atomic E-state index is 0.114. The number of halogens is 1. The fourth-order valence-corrected chi connectivity index (χ4v) is 1.69.